The molecule has 0 saturated carbocycles. The summed E-state index contributed by atoms with van der Waals surface area (Å²) in [5.74, 6) is -0.645. The third-order valence-corrected chi connectivity index (χ3v) is 3.79. The quantitative estimate of drug-likeness (QED) is 0.803. The minimum absolute atomic E-state index is 0.129. The largest absolute Gasteiger partial charge is 0.465 e. The summed E-state index contributed by atoms with van der Waals surface area (Å²) in [6, 6.07) is 4.76. The lowest BCUT2D eigenvalue weighted by Crippen LogP contribution is -2.18. The second kappa shape index (κ2) is 5.29. The van der Waals surface area contributed by atoms with Crippen LogP contribution in [0.25, 0.3) is 0 Å². The highest BCUT2D eigenvalue weighted by molar-refractivity contribution is 7.92. The molecule has 2 aromatic rings. The smallest absolute Gasteiger partial charge is 0.342 e. The van der Waals surface area contributed by atoms with E-state index in [9.17, 15) is 13.2 Å². The first-order valence-corrected chi connectivity index (χ1v) is 7.01. The summed E-state index contributed by atoms with van der Waals surface area (Å²) in [4.78, 5) is 15.5. The molecule has 106 valence electrons. The Balaban J connectivity index is 2.43. The highest BCUT2D eigenvalue weighted by Crippen LogP contribution is 2.19. The van der Waals surface area contributed by atoms with E-state index >= 15 is 0 Å². The molecule has 0 unspecified atom stereocenters. The molecular formula is C11H12N4O4S. The Labute approximate surface area is 115 Å². The summed E-state index contributed by atoms with van der Waals surface area (Å²) < 4.78 is 31.3. The summed E-state index contributed by atoms with van der Waals surface area (Å²) in [7, 11) is -2.85. The Kier molecular flexibility index (Phi) is 3.70. The van der Waals surface area contributed by atoms with Gasteiger partial charge in [0.05, 0.1) is 12.8 Å². The average Bonchev–Trinajstić information content (AvgIpc) is 2.81. The Morgan fingerprint density at radius 1 is 1.40 bits per heavy atom. The number of aromatic nitrogens is 3. The molecular weight excluding hydrogens is 284 g/mol. The van der Waals surface area contributed by atoms with E-state index in [1.807, 2.05) is 0 Å². The van der Waals surface area contributed by atoms with Crippen molar-refractivity contribution in [2.45, 2.75) is 11.9 Å². The molecule has 0 radical (unpaired) electrons. The molecule has 2 aromatic heterocycles. The van der Waals surface area contributed by atoms with Crippen LogP contribution < -0.4 is 4.72 Å². The van der Waals surface area contributed by atoms with E-state index in [1.54, 1.807) is 12.1 Å². The molecule has 0 atom stereocenters. The third-order valence-electron chi connectivity index (χ3n) is 2.48. The molecule has 8 nitrogen and oxygen atoms in total. The fraction of sp³-hybridized carbons (Fsp3) is 0.182. The van der Waals surface area contributed by atoms with Crippen LogP contribution >= 0.6 is 0 Å². The number of H-pyrrole nitrogens is 1. The van der Waals surface area contributed by atoms with Crippen LogP contribution in [0.5, 0.6) is 0 Å². The van der Waals surface area contributed by atoms with E-state index in [0.29, 0.717) is 0 Å². The van der Waals surface area contributed by atoms with Gasteiger partial charge in [-0.05, 0) is 19.1 Å². The van der Waals surface area contributed by atoms with Crippen molar-refractivity contribution in [1.82, 2.24) is 15.2 Å². The van der Waals surface area contributed by atoms with E-state index < -0.39 is 16.0 Å². The van der Waals surface area contributed by atoms with Crippen LogP contribution in [0.4, 0.5) is 5.82 Å². The van der Waals surface area contributed by atoms with E-state index in [1.165, 1.54) is 19.2 Å². The van der Waals surface area contributed by atoms with Crippen molar-refractivity contribution in [2.75, 3.05) is 11.8 Å². The predicted octanol–water partition coefficient (Wildman–Crippen LogP) is 0.701. The number of anilines is 1. The summed E-state index contributed by atoms with van der Waals surface area (Å²) in [6.45, 7) is 1.50. The van der Waals surface area contributed by atoms with E-state index in [-0.39, 0.29) is 22.1 Å². The van der Waals surface area contributed by atoms with Crippen molar-refractivity contribution in [1.29, 1.82) is 0 Å². The molecule has 0 aliphatic rings. The van der Waals surface area contributed by atoms with Crippen molar-refractivity contribution < 1.29 is 17.9 Å². The van der Waals surface area contributed by atoms with Gasteiger partial charge in [0, 0.05) is 6.20 Å². The molecule has 0 aromatic carbocycles. The molecule has 0 spiro atoms. The molecule has 0 saturated heterocycles. The predicted molar refractivity (Wildman–Crippen MR) is 69.7 cm³/mol. The molecule has 9 heteroatoms. The van der Waals surface area contributed by atoms with Gasteiger partial charge in [-0.25, -0.2) is 9.78 Å². The maximum Gasteiger partial charge on any atom is 0.342 e. The van der Waals surface area contributed by atoms with Gasteiger partial charge in [-0.2, -0.15) is 13.5 Å². The van der Waals surface area contributed by atoms with Gasteiger partial charge in [0.15, 0.2) is 5.03 Å². The molecule has 0 aliphatic carbocycles. The zero-order valence-corrected chi connectivity index (χ0v) is 11.6. The van der Waals surface area contributed by atoms with Crippen molar-refractivity contribution in [3.8, 4) is 0 Å². The number of aryl methyl sites for hydroxylation is 1. The summed E-state index contributed by atoms with van der Waals surface area (Å²) in [5.41, 5.74) is 0.106. The fourth-order valence-corrected chi connectivity index (χ4v) is 2.72. The van der Waals surface area contributed by atoms with Gasteiger partial charge < -0.3 is 4.74 Å². The third kappa shape index (κ3) is 2.62. The van der Waals surface area contributed by atoms with Gasteiger partial charge >= 0.3 is 5.97 Å². The molecule has 0 bridgehead atoms. The first kappa shape index (κ1) is 14.0. The Morgan fingerprint density at radius 3 is 2.75 bits per heavy atom. The van der Waals surface area contributed by atoms with Gasteiger partial charge in [-0.3, -0.25) is 9.82 Å². The fourth-order valence-electron chi connectivity index (χ4n) is 1.56. The van der Waals surface area contributed by atoms with Crippen LogP contribution in [0.3, 0.4) is 0 Å². The lowest BCUT2D eigenvalue weighted by molar-refractivity contribution is 0.0595. The first-order valence-electron chi connectivity index (χ1n) is 5.53. The van der Waals surface area contributed by atoms with E-state index in [2.05, 4.69) is 24.6 Å². The highest BCUT2D eigenvalue weighted by atomic mass is 32.2. The monoisotopic (exact) mass is 296 g/mol. The van der Waals surface area contributed by atoms with Crippen LogP contribution in [0, 0.1) is 6.92 Å². The summed E-state index contributed by atoms with van der Waals surface area (Å²) >= 11 is 0. The normalized spacial score (nSPS) is 11.1. The zero-order chi connectivity index (χ0) is 14.8. The van der Waals surface area contributed by atoms with Crippen LogP contribution in [0.15, 0.2) is 29.4 Å². The number of sulfonamides is 1. The van der Waals surface area contributed by atoms with Gasteiger partial charge in [-0.15, -0.1) is 0 Å². The number of nitrogens with zero attached hydrogens (tertiary/aromatic N) is 2. The van der Waals surface area contributed by atoms with Gasteiger partial charge in [0.25, 0.3) is 10.0 Å². The number of hydrogen-bond donors (Lipinski definition) is 2. The minimum Gasteiger partial charge on any atom is -0.465 e. The number of nitrogens with one attached hydrogen (secondary N) is 2. The first-order chi connectivity index (χ1) is 9.45. The number of methoxy groups -OCH3 is 1. The molecule has 2 heterocycles. The van der Waals surface area contributed by atoms with Crippen molar-refractivity contribution in [3.63, 3.8) is 0 Å². The molecule has 2 N–H and O–H groups in total. The maximum atomic E-state index is 12.2. The number of carbonyl (C=O) groups excluding carboxylic acids is 1. The second-order valence-electron chi connectivity index (χ2n) is 3.83. The number of carbonyl (C=O) groups is 1. The number of pyridine rings is 1. The SMILES string of the molecule is COC(=O)c1c(C)n[nH]c1S(=O)(=O)Nc1ccccn1. The van der Waals surface area contributed by atoms with Crippen molar-refractivity contribution >= 4 is 21.8 Å². The zero-order valence-electron chi connectivity index (χ0n) is 10.7. The van der Waals surface area contributed by atoms with Crippen LogP contribution in [0.2, 0.25) is 0 Å². The molecule has 0 amide bonds. The molecule has 0 aliphatic heterocycles. The highest BCUT2D eigenvalue weighted by Gasteiger charge is 2.28. The number of ether oxygens (including phenoxy) is 1. The van der Waals surface area contributed by atoms with E-state index in [4.69, 9.17) is 0 Å². The number of hydrogen-bond acceptors (Lipinski definition) is 6. The maximum absolute atomic E-state index is 12.2. The lowest BCUT2D eigenvalue weighted by atomic mass is 10.3. The average molecular weight is 296 g/mol. The summed E-state index contributed by atoms with van der Waals surface area (Å²) in [6.07, 6.45) is 1.44. The topological polar surface area (TPSA) is 114 Å². The van der Waals surface area contributed by atoms with E-state index in [0.717, 1.165) is 7.11 Å². The minimum atomic E-state index is -4.01. The van der Waals surface area contributed by atoms with Crippen molar-refractivity contribution in [3.05, 3.63) is 35.7 Å². The number of rotatable bonds is 4. The van der Waals surface area contributed by atoms with Crippen LogP contribution in [-0.4, -0.2) is 36.7 Å². The van der Waals surface area contributed by atoms with Gasteiger partial charge in [-0.1, -0.05) is 6.07 Å². The van der Waals surface area contributed by atoms with Gasteiger partial charge in [0.1, 0.15) is 11.4 Å². The molecule has 20 heavy (non-hydrogen) atoms. The summed E-state index contributed by atoms with van der Waals surface area (Å²) in [5, 5.41) is 5.69. The standard InChI is InChI=1S/C11H12N4O4S/c1-7-9(11(16)19-2)10(14-13-7)20(17,18)15-8-5-3-4-6-12-8/h3-6H,1-2H3,(H,12,15)(H,13,14). The van der Waals surface area contributed by atoms with Crippen LogP contribution in [0.1, 0.15) is 16.1 Å². The molecule has 0 fully saturated rings. The molecule has 2 rings (SSSR count). The lowest BCUT2D eigenvalue weighted by Gasteiger charge is -2.06. The Bertz CT molecular complexity index is 724. The Hall–Kier alpha value is -2.42. The number of esters is 1. The second-order valence-corrected chi connectivity index (χ2v) is 5.44. The van der Waals surface area contributed by atoms with Gasteiger partial charge in [0.2, 0.25) is 0 Å². The van der Waals surface area contributed by atoms with Crippen LogP contribution in [-0.2, 0) is 14.8 Å². The Morgan fingerprint density at radius 2 is 2.15 bits per heavy atom. The van der Waals surface area contributed by atoms with Crippen molar-refractivity contribution in [2.24, 2.45) is 0 Å². The number of aromatic amines is 1.